The summed E-state index contributed by atoms with van der Waals surface area (Å²) >= 11 is 0. The molecule has 1 amide bonds. The van der Waals surface area contributed by atoms with E-state index >= 15 is 0 Å². The lowest BCUT2D eigenvalue weighted by Crippen LogP contribution is -2.50. The summed E-state index contributed by atoms with van der Waals surface area (Å²) in [5.74, 6) is -5.23. The van der Waals surface area contributed by atoms with Crippen molar-refractivity contribution in [2.45, 2.75) is 80.8 Å². The van der Waals surface area contributed by atoms with Crippen molar-refractivity contribution in [1.82, 2.24) is 10.6 Å². The Hall–Kier alpha value is -1.63. The first-order chi connectivity index (χ1) is 12.7. The third kappa shape index (κ3) is 4.45. The van der Waals surface area contributed by atoms with Gasteiger partial charge in [-0.25, -0.2) is 17.6 Å². The zero-order chi connectivity index (χ0) is 19.2. The summed E-state index contributed by atoms with van der Waals surface area (Å²) in [4.78, 5) is 12.3. The Bertz CT molecular complexity index is 706. The van der Waals surface area contributed by atoms with Gasteiger partial charge in [-0.2, -0.15) is 0 Å². The second kappa shape index (κ2) is 6.76. The first kappa shape index (κ1) is 18.7. The maximum Gasteiger partial charge on any atom is 0.252 e. The maximum atomic E-state index is 13.2. The van der Waals surface area contributed by atoms with Crippen molar-refractivity contribution in [3.05, 3.63) is 35.4 Å². The molecule has 3 fully saturated rings. The van der Waals surface area contributed by atoms with Gasteiger partial charge in [0.05, 0.1) is 0 Å². The van der Waals surface area contributed by atoms with Crippen LogP contribution < -0.4 is 10.6 Å². The van der Waals surface area contributed by atoms with Gasteiger partial charge in [0.1, 0.15) is 0 Å². The lowest BCUT2D eigenvalue weighted by Gasteiger charge is -2.35. The van der Waals surface area contributed by atoms with E-state index in [1.165, 1.54) is 0 Å². The molecular weight excluding hydrogens is 360 g/mol. The fourth-order valence-corrected chi connectivity index (χ4v) is 4.20. The lowest BCUT2D eigenvalue weighted by atomic mass is 9.88. The third-order valence-corrected chi connectivity index (χ3v) is 5.96. The molecule has 3 nitrogen and oxygen atoms in total. The lowest BCUT2D eigenvalue weighted by molar-refractivity contribution is -0.0901. The average Bonchev–Trinajstić information content (AvgIpc) is 3.34. The Morgan fingerprint density at radius 3 is 2.37 bits per heavy atom. The Balaban J connectivity index is 1.29. The monoisotopic (exact) mass is 384 g/mol. The minimum Gasteiger partial charge on any atom is -0.349 e. The highest BCUT2D eigenvalue weighted by atomic mass is 19.3. The molecule has 7 heteroatoms. The molecule has 3 saturated carbocycles. The first-order valence-electron chi connectivity index (χ1n) is 9.63. The number of amides is 1. The topological polar surface area (TPSA) is 41.1 Å². The number of carbonyl (C=O) groups excluding carboxylic acids is 1. The summed E-state index contributed by atoms with van der Waals surface area (Å²) < 4.78 is 52.3. The number of nitrogens with one attached hydrogen (secondary N) is 2. The molecule has 1 aromatic carbocycles. The number of halogens is 4. The van der Waals surface area contributed by atoms with Crippen LogP contribution in [0.15, 0.2) is 24.3 Å². The summed E-state index contributed by atoms with van der Waals surface area (Å²) in [6, 6.07) is 7.18. The third-order valence-electron chi connectivity index (χ3n) is 5.96. The van der Waals surface area contributed by atoms with Crippen LogP contribution in [0.1, 0.15) is 66.8 Å². The molecule has 1 aromatic rings. The van der Waals surface area contributed by atoms with Crippen LogP contribution in [0.5, 0.6) is 0 Å². The summed E-state index contributed by atoms with van der Waals surface area (Å²) in [6.07, 6.45) is 1.19. The van der Waals surface area contributed by atoms with Gasteiger partial charge >= 0.3 is 0 Å². The summed E-state index contributed by atoms with van der Waals surface area (Å²) in [6.45, 7) is 0. The minimum absolute atomic E-state index is 0.0576. The molecule has 2 atom stereocenters. The standard InChI is InChI=1S/C20H24F4N2O/c21-19(22)6-4-14(5-7-19)25-17-9-16(17)12-2-1-3-13(8-12)18(27)26-15-10-20(23,24)11-15/h1-3,8,14-17,25H,4-7,9-11H2,(H,26,27). The van der Waals surface area contributed by atoms with Crippen LogP contribution in [0.4, 0.5) is 17.6 Å². The average molecular weight is 384 g/mol. The van der Waals surface area contributed by atoms with Crippen LogP contribution in [-0.2, 0) is 0 Å². The fourth-order valence-electron chi connectivity index (χ4n) is 4.20. The van der Waals surface area contributed by atoms with E-state index in [0.29, 0.717) is 18.4 Å². The molecule has 0 aliphatic heterocycles. The molecule has 2 N–H and O–H groups in total. The van der Waals surface area contributed by atoms with Crippen molar-refractivity contribution in [3.8, 4) is 0 Å². The highest BCUT2D eigenvalue weighted by Gasteiger charge is 2.46. The van der Waals surface area contributed by atoms with E-state index in [1.807, 2.05) is 12.1 Å². The molecule has 0 spiro atoms. The number of hydrogen-bond acceptors (Lipinski definition) is 2. The van der Waals surface area contributed by atoms with Crippen LogP contribution in [0.25, 0.3) is 0 Å². The highest BCUT2D eigenvalue weighted by molar-refractivity contribution is 5.94. The molecule has 0 bridgehead atoms. The smallest absolute Gasteiger partial charge is 0.252 e. The molecule has 148 valence electrons. The number of alkyl halides is 4. The van der Waals surface area contributed by atoms with Gasteiger partial charge in [-0.3, -0.25) is 4.79 Å². The van der Waals surface area contributed by atoms with Gasteiger partial charge in [-0.05, 0) is 37.0 Å². The molecule has 0 heterocycles. The summed E-state index contributed by atoms with van der Waals surface area (Å²) in [5, 5.41) is 6.12. The molecule has 2 unspecified atom stereocenters. The van der Waals surface area contributed by atoms with Gasteiger partial charge in [0, 0.05) is 55.3 Å². The van der Waals surface area contributed by atoms with Crippen LogP contribution in [0.2, 0.25) is 0 Å². The van der Waals surface area contributed by atoms with Crippen LogP contribution in [-0.4, -0.2) is 35.9 Å². The highest BCUT2D eigenvalue weighted by Crippen LogP contribution is 2.43. The Kier molecular flexibility index (Phi) is 4.69. The van der Waals surface area contributed by atoms with E-state index in [-0.39, 0.29) is 49.6 Å². The van der Waals surface area contributed by atoms with E-state index in [2.05, 4.69) is 10.6 Å². The number of carbonyl (C=O) groups is 1. The SMILES string of the molecule is O=C(NC1CC(F)(F)C1)c1cccc(C2CC2NC2CCC(F)(F)CC2)c1. The fraction of sp³-hybridized carbons (Fsp3) is 0.650. The number of hydrogen-bond donors (Lipinski definition) is 2. The van der Waals surface area contributed by atoms with Crippen molar-refractivity contribution in [1.29, 1.82) is 0 Å². The predicted octanol–water partition coefficient (Wildman–Crippen LogP) is 4.24. The van der Waals surface area contributed by atoms with E-state index in [4.69, 9.17) is 0 Å². The molecule has 0 saturated heterocycles. The van der Waals surface area contributed by atoms with Crippen molar-refractivity contribution >= 4 is 5.91 Å². The molecule has 27 heavy (non-hydrogen) atoms. The van der Waals surface area contributed by atoms with Crippen molar-refractivity contribution in [2.75, 3.05) is 0 Å². The molecule has 3 aliphatic carbocycles. The Labute approximate surface area is 155 Å². The molecule has 0 aromatic heterocycles. The van der Waals surface area contributed by atoms with Crippen LogP contribution >= 0.6 is 0 Å². The zero-order valence-electron chi connectivity index (χ0n) is 15.0. The number of benzene rings is 1. The first-order valence-corrected chi connectivity index (χ1v) is 9.63. The summed E-state index contributed by atoms with van der Waals surface area (Å²) in [7, 11) is 0. The van der Waals surface area contributed by atoms with Gasteiger partial charge in [0.15, 0.2) is 0 Å². The van der Waals surface area contributed by atoms with Gasteiger partial charge < -0.3 is 10.6 Å². The van der Waals surface area contributed by atoms with E-state index in [9.17, 15) is 22.4 Å². The molecule has 3 aliphatic rings. The van der Waals surface area contributed by atoms with Gasteiger partial charge in [0.2, 0.25) is 5.92 Å². The Morgan fingerprint density at radius 1 is 1.00 bits per heavy atom. The van der Waals surface area contributed by atoms with Gasteiger partial charge in [-0.15, -0.1) is 0 Å². The van der Waals surface area contributed by atoms with E-state index < -0.39 is 17.9 Å². The number of rotatable bonds is 5. The summed E-state index contributed by atoms with van der Waals surface area (Å²) in [5.41, 5.74) is 1.51. The Morgan fingerprint density at radius 2 is 1.70 bits per heavy atom. The van der Waals surface area contributed by atoms with Crippen molar-refractivity contribution in [2.24, 2.45) is 0 Å². The van der Waals surface area contributed by atoms with Crippen molar-refractivity contribution in [3.63, 3.8) is 0 Å². The van der Waals surface area contributed by atoms with Crippen LogP contribution in [0, 0.1) is 0 Å². The van der Waals surface area contributed by atoms with E-state index in [1.54, 1.807) is 12.1 Å². The largest absolute Gasteiger partial charge is 0.349 e. The van der Waals surface area contributed by atoms with Crippen molar-refractivity contribution < 1.29 is 22.4 Å². The quantitative estimate of drug-likeness (QED) is 0.746. The molecular formula is C20H24F4N2O. The second-order valence-corrected chi connectivity index (χ2v) is 8.31. The maximum absolute atomic E-state index is 13.2. The van der Waals surface area contributed by atoms with Gasteiger partial charge in [-0.1, -0.05) is 12.1 Å². The molecule has 4 rings (SSSR count). The van der Waals surface area contributed by atoms with Crippen LogP contribution in [0.3, 0.4) is 0 Å². The predicted molar refractivity (Wildman–Crippen MR) is 93.4 cm³/mol. The molecule has 0 radical (unpaired) electrons. The zero-order valence-corrected chi connectivity index (χ0v) is 15.0. The second-order valence-electron chi connectivity index (χ2n) is 8.31. The normalized spacial score (nSPS) is 29.8. The minimum atomic E-state index is -2.66. The van der Waals surface area contributed by atoms with E-state index in [0.717, 1.165) is 12.0 Å². The van der Waals surface area contributed by atoms with Gasteiger partial charge in [0.25, 0.3) is 11.8 Å².